The summed E-state index contributed by atoms with van der Waals surface area (Å²) in [5, 5.41) is 3.30. The van der Waals surface area contributed by atoms with Gasteiger partial charge in [0.05, 0.1) is 11.5 Å². The first kappa shape index (κ1) is 17.7. The summed E-state index contributed by atoms with van der Waals surface area (Å²) >= 11 is 0. The van der Waals surface area contributed by atoms with Gasteiger partial charge in [0.25, 0.3) is 0 Å². The second kappa shape index (κ2) is 7.00. The third kappa shape index (κ3) is 3.92. The topological polar surface area (TPSA) is 75.2 Å². The molecule has 1 atom stereocenters. The minimum atomic E-state index is -2.93. The molecule has 2 heterocycles. The summed E-state index contributed by atoms with van der Waals surface area (Å²) in [5.41, 5.74) is 3.26. The third-order valence-corrected chi connectivity index (χ3v) is 6.39. The number of hydrogen-bond acceptors (Lipinski definition) is 6. The smallest absolute Gasteiger partial charge is 0.229 e. The van der Waals surface area contributed by atoms with Crippen LogP contribution in [0.4, 0.5) is 17.5 Å². The number of hydrogen-bond donors (Lipinski definition) is 1. The quantitative estimate of drug-likeness (QED) is 0.884. The zero-order valence-corrected chi connectivity index (χ0v) is 15.7. The van der Waals surface area contributed by atoms with E-state index in [9.17, 15) is 8.42 Å². The number of aromatic nitrogens is 2. The molecule has 1 fully saturated rings. The Balaban J connectivity index is 1.85. The molecule has 1 aliphatic rings. The molecular weight excluding hydrogens is 336 g/mol. The molecule has 0 spiro atoms. The van der Waals surface area contributed by atoms with Crippen molar-refractivity contribution in [1.29, 1.82) is 0 Å². The van der Waals surface area contributed by atoms with Crippen LogP contribution in [0, 0.1) is 13.8 Å². The molecule has 2 aromatic rings. The number of aryl methyl sites for hydroxylation is 2. The van der Waals surface area contributed by atoms with Gasteiger partial charge >= 0.3 is 0 Å². The first-order valence-electron chi connectivity index (χ1n) is 8.53. The Morgan fingerprint density at radius 1 is 1.24 bits per heavy atom. The lowest BCUT2D eigenvalue weighted by Gasteiger charge is -2.28. The standard InChI is InChI=1S/C18H24N4O2S/c1-4-22(15-9-11-25(23,24)12-15)16-8-10-19-18(20-16)21-17-13(2)6-5-7-14(17)3/h5-8,10,15H,4,9,11-12H2,1-3H3,(H,19,20,21). The minimum Gasteiger partial charge on any atom is -0.353 e. The number of rotatable bonds is 5. The van der Waals surface area contributed by atoms with Gasteiger partial charge in [-0.2, -0.15) is 4.98 Å². The van der Waals surface area contributed by atoms with Gasteiger partial charge < -0.3 is 10.2 Å². The molecule has 3 rings (SSSR count). The van der Waals surface area contributed by atoms with Gasteiger partial charge in [0.15, 0.2) is 9.84 Å². The van der Waals surface area contributed by atoms with E-state index in [-0.39, 0.29) is 17.5 Å². The van der Waals surface area contributed by atoms with Gasteiger partial charge in [-0.05, 0) is 44.4 Å². The molecule has 0 radical (unpaired) electrons. The summed E-state index contributed by atoms with van der Waals surface area (Å²) in [5.74, 6) is 1.74. The van der Waals surface area contributed by atoms with Crippen molar-refractivity contribution in [2.75, 3.05) is 28.3 Å². The van der Waals surface area contributed by atoms with Crippen molar-refractivity contribution in [1.82, 2.24) is 9.97 Å². The zero-order valence-electron chi connectivity index (χ0n) is 14.9. The molecule has 1 aromatic carbocycles. The van der Waals surface area contributed by atoms with Crippen LogP contribution in [0.15, 0.2) is 30.5 Å². The number of nitrogens with one attached hydrogen (secondary N) is 1. The van der Waals surface area contributed by atoms with E-state index >= 15 is 0 Å². The Hall–Kier alpha value is -2.15. The maximum atomic E-state index is 11.8. The lowest BCUT2D eigenvalue weighted by Crippen LogP contribution is -2.36. The summed E-state index contributed by atoms with van der Waals surface area (Å²) in [4.78, 5) is 11.0. The molecule has 25 heavy (non-hydrogen) atoms. The van der Waals surface area contributed by atoms with Crippen molar-refractivity contribution in [2.24, 2.45) is 0 Å². The summed E-state index contributed by atoms with van der Waals surface area (Å²) in [6.45, 7) is 6.81. The molecule has 1 saturated heterocycles. The summed E-state index contributed by atoms with van der Waals surface area (Å²) < 4.78 is 23.6. The Labute approximate surface area is 149 Å². The van der Waals surface area contributed by atoms with Crippen LogP contribution in [-0.4, -0.2) is 42.5 Å². The molecular formula is C18H24N4O2S. The molecule has 1 aliphatic heterocycles. The summed E-state index contributed by atoms with van der Waals surface area (Å²) in [7, 11) is -2.93. The van der Waals surface area contributed by atoms with Crippen LogP contribution in [0.3, 0.4) is 0 Å². The van der Waals surface area contributed by atoms with Gasteiger partial charge in [-0.15, -0.1) is 0 Å². The molecule has 1 N–H and O–H groups in total. The van der Waals surface area contributed by atoms with Crippen molar-refractivity contribution in [2.45, 2.75) is 33.2 Å². The highest BCUT2D eigenvalue weighted by molar-refractivity contribution is 7.91. The van der Waals surface area contributed by atoms with E-state index in [0.717, 1.165) is 22.6 Å². The van der Waals surface area contributed by atoms with Gasteiger partial charge in [-0.1, -0.05) is 18.2 Å². The van der Waals surface area contributed by atoms with E-state index in [1.165, 1.54) is 0 Å². The summed E-state index contributed by atoms with van der Waals surface area (Å²) in [6.07, 6.45) is 2.37. The molecule has 0 bridgehead atoms. The summed E-state index contributed by atoms with van der Waals surface area (Å²) in [6, 6.07) is 7.93. The maximum Gasteiger partial charge on any atom is 0.229 e. The van der Waals surface area contributed by atoms with Crippen molar-refractivity contribution < 1.29 is 8.42 Å². The van der Waals surface area contributed by atoms with Gasteiger partial charge in [-0.25, -0.2) is 13.4 Å². The van der Waals surface area contributed by atoms with Crippen LogP contribution in [0.5, 0.6) is 0 Å². The fourth-order valence-corrected chi connectivity index (χ4v) is 5.05. The fraction of sp³-hybridized carbons (Fsp3) is 0.444. The second-order valence-electron chi connectivity index (χ2n) is 6.47. The van der Waals surface area contributed by atoms with E-state index in [1.54, 1.807) is 6.20 Å². The van der Waals surface area contributed by atoms with E-state index in [2.05, 4.69) is 20.2 Å². The fourth-order valence-electron chi connectivity index (χ4n) is 3.32. The van der Waals surface area contributed by atoms with E-state index < -0.39 is 9.84 Å². The van der Waals surface area contributed by atoms with Crippen molar-refractivity contribution in [3.8, 4) is 0 Å². The van der Waals surface area contributed by atoms with Gasteiger partial charge in [-0.3, -0.25) is 0 Å². The lowest BCUT2D eigenvalue weighted by molar-refractivity contribution is 0.599. The second-order valence-corrected chi connectivity index (χ2v) is 8.70. The van der Waals surface area contributed by atoms with Crippen LogP contribution in [0.1, 0.15) is 24.5 Å². The van der Waals surface area contributed by atoms with Crippen LogP contribution >= 0.6 is 0 Å². The van der Waals surface area contributed by atoms with Crippen molar-refractivity contribution in [3.63, 3.8) is 0 Å². The zero-order chi connectivity index (χ0) is 18.0. The Bertz CT molecular complexity index is 847. The minimum absolute atomic E-state index is 0.0158. The van der Waals surface area contributed by atoms with Crippen molar-refractivity contribution in [3.05, 3.63) is 41.6 Å². The highest BCUT2D eigenvalue weighted by Gasteiger charge is 2.32. The average molecular weight is 360 g/mol. The maximum absolute atomic E-state index is 11.8. The van der Waals surface area contributed by atoms with E-state index in [4.69, 9.17) is 0 Å². The molecule has 7 heteroatoms. The van der Waals surface area contributed by atoms with Crippen LogP contribution in [-0.2, 0) is 9.84 Å². The van der Waals surface area contributed by atoms with Crippen LogP contribution < -0.4 is 10.2 Å². The van der Waals surface area contributed by atoms with E-state index in [1.807, 2.05) is 45.0 Å². The number of nitrogens with zero attached hydrogens (tertiary/aromatic N) is 3. The molecule has 6 nitrogen and oxygen atoms in total. The van der Waals surface area contributed by atoms with Crippen molar-refractivity contribution >= 4 is 27.3 Å². The van der Waals surface area contributed by atoms with Gasteiger partial charge in [0.2, 0.25) is 5.95 Å². The molecule has 1 unspecified atom stereocenters. The average Bonchev–Trinajstić information content (AvgIpc) is 2.92. The predicted octanol–water partition coefficient (Wildman–Crippen LogP) is 2.85. The molecule has 134 valence electrons. The SMILES string of the molecule is CCN(c1ccnc(Nc2c(C)cccc2C)n1)C1CCS(=O)(=O)C1. The molecule has 1 aromatic heterocycles. The van der Waals surface area contributed by atoms with Crippen LogP contribution in [0.25, 0.3) is 0 Å². The number of benzene rings is 1. The number of sulfone groups is 1. The first-order chi connectivity index (χ1) is 11.9. The number of para-hydroxylation sites is 1. The first-order valence-corrected chi connectivity index (χ1v) is 10.3. The van der Waals surface area contributed by atoms with Crippen LogP contribution in [0.2, 0.25) is 0 Å². The largest absolute Gasteiger partial charge is 0.353 e. The Morgan fingerprint density at radius 3 is 2.56 bits per heavy atom. The van der Waals surface area contributed by atoms with Gasteiger partial charge in [0, 0.05) is 24.5 Å². The van der Waals surface area contributed by atoms with E-state index in [0.29, 0.717) is 18.9 Å². The highest BCUT2D eigenvalue weighted by atomic mass is 32.2. The molecule has 0 saturated carbocycles. The highest BCUT2D eigenvalue weighted by Crippen LogP contribution is 2.26. The van der Waals surface area contributed by atoms with Gasteiger partial charge in [0.1, 0.15) is 5.82 Å². The normalized spacial score (nSPS) is 18.9. The monoisotopic (exact) mass is 360 g/mol. The lowest BCUT2D eigenvalue weighted by atomic mass is 10.1. The number of anilines is 3. The predicted molar refractivity (Wildman–Crippen MR) is 101 cm³/mol. The Morgan fingerprint density at radius 2 is 1.96 bits per heavy atom. The Kier molecular flexibility index (Phi) is 4.94. The molecule has 0 amide bonds. The third-order valence-electron chi connectivity index (χ3n) is 4.64. The molecule has 0 aliphatic carbocycles.